The number of hydrogen-bond acceptors (Lipinski definition) is 2. The second-order valence-corrected chi connectivity index (χ2v) is 5.17. The monoisotopic (exact) mass is 290 g/mol. The average molecular weight is 290 g/mol. The molecule has 0 saturated carbocycles. The Morgan fingerprint density at radius 3 is 1.86 bits per heavy atom. The SMILES string of the molecule is COc1cccc(Oc2ccc(-c3ccc(C)cc3)cc2)c1. The van der Waals surface area contributed by atoms with E-state index in [9.17, 15) is 0 Å². The highest BCUT2D eigenvalue weighted by Crippen LogP contribution is 2.27. The molecule has 0 spiro atoms. The van der Waals surface area contributed by atoms with Gasteiger partial charge in [0.15, 0.2) is 0 Å². The molecule has 0 aromatic heterocycles. The van der Waals surface area contributed by atoms with E-state index in [1.165, 1.54) is 16.7 Å². The van der Waals surface area contributed by atoms with Crippen LogP contribution in [0.1, 0.15) is 5.56 Å². The van der Waals surface area contributed by atoms with Crippen LogP contribution in [0.15, 0.2) is 72.8 Å². The zero-order chi connectivity index (χ0) is 15.4. The molecule has 0 saturated heterocycles. The van der Waals surface area contributed by atoms with E-state index in [0.29, 0.717) is 0 Å². The van der Waals surface area contributed by atoms with Crippen molar-refractivity contribution in [1.29, 1.82) is 0 Å². The van der Waals surface area contributed by atoms with Gasteiger partial charge in [-0.05, 0) is 42.3 Å². The summed E-state index contributed by atoms with van der Waals surface area (Å²) in [5.74, 6) is 2.36. The summed E-state index contributed by atoms with van der Waals surface area (Å²) in [5.41, 5.74) is 3.65. The first-order valence-electron chi connectivity index (χ1n) is 7.23. The number of methoxy groups -OCH3 is 1. The van der Waals surface area contributed by atoms with Gasteiger partial charge in [-0.3, -0.25) is 0 Å². The zero-order valence-corrected chi connectivity index (χ0v) is 12.7. The Labute approximate surface area is 131 Å². The van der Waals surface area contributed by atoms with Crippen LogP contribution in [0.4, 0.5) is 0 Å². The first-order chi connectivity index (χ1) is 10.7. The fourth-order valence-corrected chi connectivity index (χ4v) is 2.26. The van der Waals surface area contributed by atoms with Crippen molar-refractivity contribution in [2.45, 2.75) is 6.92 Å². The minimum atomic E-state index is 0.766. The van der Waals surface area contributed by atoms with Gasteiger partial charge in [0.25, 0.3) is 0 Å². The Morgan fingerprint density at radius 2 is 1.23 bits per heavy atom. The molecule has 0 aliphatic heterocycles. The highest BCUT2D eigenvalue weighted by atomic mass is 16.5. The summed E-state index contributed by atoms with van der Waals surface area (Å²) in [5, 5.41) is 0. The zero-order valence-electron chi connectivity index (χ0n) is 12.7. The van der Waals surface area contributed by atoms with Gasteiger partial charge in [0.2, 0.25) is 0 Å². The fourth-order valence-electron chi connectivity index (χ4n) is 2.26. The number of ether oxygens (including phenoxy) is 2. The quantitative estimate of drug-likeness (QED) is 0.635. The molecule has 0 N–H and O–H groups in total. The van der Waals surface area contributed by atoms with Crippen molar-refractivity contribution in [3.05, 3.63) is 78.4 Å². The van der Waals surface area contributed by atoms with Crippen LogP contribution in [0.5, 0.6) is 17.2 Å². The van der Waals surface area contributed by atoms with Gasteiger partial charge in [-0.25, -0.2) is 0 Å². The molecular weight excluding hydrogens is 272 g/mol. The molecule has 0 fully saturated rings. The summed E-state index contributed by atoms with van der Waals surface area (Å²) >= 11 is 0. The number of aryl methyl sites for hydroxylation is 1. The molecule has 0 aliphatic carbocycles. The number of rotatable bonds is 4. The predicted octanol–water partition coefficient (Wildman–Crippen LogP) is 5.46. The third kappa shape index (κ3) is 3.29. The molecule has 3 aromatic carbocycles. The molecule has 2 nitrogen and oxygen atoms in total. The average Bonchev–Trinajstić information content (AvgIpc) is 2.57. The fraction of sp³-hybridized carbons (Fsp3) is 0.100. The molecule has 0 bridgehead atoms. The van der Waals surface area contributed by atoms with Crippen LogP contribution in [0.2, 0.25) is 0 Å². The van der Waals surface area contributed by atoms with Crippen LogP contribution in [0.3, 0.4) is 0 Å². The summed E-state index contributed by atoms with van der Waals surface area (Å²) in [6, 6.07) is 24.2. The van der Waals surface area contributed by atoms with Crippen LogP contribution in [0, 0.1) is 6.92 Å². The summed E-state index contributed by atoms with van der Waals surface area (Å²) in [7, 11) is 1.65. The van der Waals surface area contributed by atoms with E-state index in [2.05, 4.69) is 43.3 Å². The standard InChI is InChI=1S/C20H18O2/c1-15-6-8-16(9-7-15)17-10-12-18(13-11-17)22-20-5-3-4-19(14-20)21-2/h3-14H,1-2H3. The molecule has 110 valence electrons. The van der Waals surface area contributed by atoms with Crippen molar-refractivity contribution < 1.29 is 9.47 Å². The van der Waals surface area contributed by atoms with Crippen LogP contribution in [-0.4, -0.2) is 7.11 Å². The lowest BCUT2D eigenvalue weighted by Crippen LogP contribution is -1.87. The molecule has 22 heavy (non-hydrogen) atoms. The van der Waals surface area contributed by atoms with Crippen LogP contribution >= 0.6 is 0 Å². The van der Waals surface area contributed by atoms with Crippen molar-refractivity contribution in [3.8, 4) is 28.4 Å². The van der Waals surface area contributed by atoms with Gasteiger partial charge < -0.3 is 9.47 Å². The third-order valence-corrected chi connectivity index (χ3v) is 3.52. The van der Waals surface area contributed by atoms with Gasteiger partial charge in [-0.15, -0.1) is 0 Å². The van der Waals surface area contributed by atoms with Gasteiger partial charge in [0, 0.05) is 6.07 Å². The smallest absolute Gasteiger partial charge is 0.131 e. The molecule has 0 atom stereocenters. The number of benzene rings is 3. The lowest BCUT2D eigenvalue weighted by atomic mass is 10.0. The van der Waals surface area contributed by atoms with Crippen molar-refractivity contribution in [1.82, 2.24) is 0 Å². The molecule has 0 unspecified atom stereocenters. The molecule has 0 aliphatic rings. The molecule has 0 amide bonds. The van der Waals surface area contributed by atoms with E-state index in [4.69, 9.17) is 9.47 Å². The van der Waals surface area contributed by atoms with E-state index in [-0.39, 0.29) is 0 Å². The summed E-state index contributed by atoms with van der Waals surface area (Å²) in [6.45, 7) is 2.09. The molecule has 3 aromatic rings. The van der Waals surface area contributed by atoms with Gasteiger partial charge in [0.05, 0.1) is 7.11 Å². The normalized spacial score (nSPS) is 10.3. The highest BCUT2D eigenvalue weighted by Gasteiger charge is 2.01. The van der Waals surface area contributed by atoms with Crippen molar-refractivity contribution >= 4 is 0 Å². The predicted molar refractivity (Wildman–Crippen MR) is 89.7 cm³/mol. The minimum Gasteiger partial charge on any atom is -0.497 e. The Morgan fingerprint density at radius 1 is 0.636 bits per heavy atom. The van der Waals surface area contributed by atoms with E-state index in [1.54, 1.807) is 7.11 Å². The maximum atomic E-state index is 5.85. The Hall–Kier alpha value is -2.74. The molecule has 2 heteroatoms. The molecule has 0 heterocycles. The number of hydrogen-bond donors (Lipinski definition) is 0. The molecule has 3 rings (SSSR count). The van der Waals surface area contributed by atoms with Gasteiger partial charge >= 0.3 is 0 Å². The maximum Gasteiger partial charge on any atom is 0.131 e. The first kappa shape index (κ1) is 14.2. The molecule has 0 radical (unpaired) electrons. The molecular formula is C20H18O2. The Bertz CT molecular complexity index is 743. The van der Waals surface area contributed by atoms with E-state index in [0.717, 1.165) is 17.2 Å². The van der Waals surface area contributed by atoms with Crippen molar-refractivity contribution in [3.63, 3.8) is 0 Å². The van der Waals surface area contributed by atoms with Gasteiger partial charge in [-0.1, -0.05) is 48.0 Å². The van der Waals surface area contributed by atoms with Crippen LogP contribution in [0.25, 0.3) is 11.1 Å². The van der Waals surface area contributed by atoms with Crippen LogP contribution in [-0.2, 0) is 0 Å². The maximum absolute atomic E-state index is 5.85. The minimum absolute atomic E-state index is 0.766. The van der Waals surface area contributed by atoms with Crippen molar-refractivity contribution in [2.24, 2.45) is 0 Å². The second-order valence-electron chi connectivity index (χ2n) is 5.17. The van der Waals surface area contributed by atoms with Gasteiger partial charge in [-0.2, -0.15) is 0 Å². The third-order valence-electron chi connectivity index (χ3n) is 3.52. The summed E-state index contributed by atoms with van der Waals surface area (Å²) in [4.78, 5) is 0. The van der Waals surface area contributed by atoms with E-state index >= 15 is 0 Å². The van der Waals surface area contributed by atoms with E-state index in [1.807, 2.05) is 36.4 Å². The van der Waals surface area contributed by atoms with E-state index < -0.39 is 0 Å². The second kappa shape index (κ2) is 6.35. The Kier molecular flexibility index (Phi) is 4.10. The lowest BCUT2D eigenvalue weighted by Gasteiger charge is -2.08. The first-order valence-corrected chi connectivity index (χ1v) is 7.23. The Balaban J connectivity index is 1.77. The highest BCUT2D eigenvalue weighted by molar-refractivity contribution is 5.64. The topological polar surface area (TPSA) is 18.5 Å². The largest absolute Gasteiger partial charge is 0.497 e. The van der Waals surface area contributed by atoms with Crippen molar-refractivity contribution in [2.75, 3.05) is 7.11 Å². The van der Waals surface area contributed by atoms with Crippen LogP contribution < -0.4 is 9.47 Å². The van der Waals surface area contributed by atoms with Gasteiger partial charge in [0.1, 0.15) is 17.2 Å². The summed E-state index contributed by atoms with van der Waals surface area (Å²) < 4.78 is 11.0. The lowest BCUT2D eigenvalue weighted by molar-refractivity contribution is 0.409. The summed E-state index contributed by atoms with van der Waals surface area (Å²) in [6.07, 6.45) is 0.